The van der Waals surface area contributed by atoms with E-state index in [1.54, 1.807) is 49.6 Å². The molecule has 0 aliphatic heterocycles. The number of anilines is 1. The molecule has 2 aromatic rings. The zero-order valence-electron chi connectivity index (χ0n) is 10.1. The zero-order chi connectivity index (χ0) is 13.9. The Kier molecular flexibility index (Phi) is 4.11. The van der Waals surface area contributed by atoms with Crippen molar-refractivity contribution >= 4 is 31.6 Å². The van der Waals surface area contributed by atoms with E-state index in [9.17, 15) is 8.42 Å². The molecule has 2 aromatic carbocycles. The van der Waals surface area contributed by atoms with E-state index in [2.05, 4.69) is 20.7 Å². The van der Waals surface area contributed by atoms with E-state index >= 15 is 0 Å². The molecule has 0 spiro atoms. The Balaban J connectivity index is 2.25. The van der Waals surface area contributed by atoms with E-state index in [4.69, 9.17) is 4.74 Å². The van der Waals surface area contributed by atoms with Gasteiger partial charge in [-0.1, -0.05) is 22.0 Å². The summed E-state index contributed by atoms with van der Waals surface area (Å²) >= 11 is 3.25. The highest BCUT2D eigenvalue weighted by Gasteiger charge is 2.14. The van der Waals surface area contributed by atoms with Gasteiger partial charge >= 0.3 is 0 Å². The van der Waals surface area contributed by atoms with Gasteiger partial charge in [0.15, 0.2) is 0 Å². The minimum atomic E-state index is -3.58. The fourth-order valence-corrected chi connectivity index (χ4v) is 3.16. The Morgan fingerprint density at radius 1 is 1.11 bits per heavy atom. The maximum atomic E-state index is 12.1. The van der Waals surface area contributed by atoms with E-state index in [1.165, 1.54) is 6.07 Å². The molecule has 0 aliphatic rings. The molecular formula is C13H12BrNO3S. The second-order valence-electron chi connectivity index (χ2n) is 3.79. The molecule has 0 heterocycles. The normalized spacial score (nSPS) is 11.1. The van der Waals surface area contributed by atoms with Crippen LogP contribution in [0.25, 0.3) is 0 Å². The summed E-state index contributed by atoms with van der Waals surface area (Å²) in [7, 11) is -2.02. The van der Waals surface area contributed by atoms with Crippen LogP contribution in [0.4, 0.5) is 5.69 Å². The van der Waals surface area contributed by atoms with Crippen LogP contribution in [-0.4, -0.2) is 15.5 Å². The Hall–Kier alpha value is -1.53. The van der Waals surface area contributed by atoms with E-state index in [-0.39, 0.29) is 4.90 Å². The van der Waals surface area contributed by atoms with Crippen molar-refractivity contribution in [1.82, 2.24) is 0 Å². The lowest BCUT2D eigenvalue weighted by Gasteiger charge is -2.09. The maximum absolute atomic E-state index is 12.1. The number of methoxy groups -OCH3 is 1. The van der Waals surface area contributed by atoms with E-state index in [0.29, 0.717) is 15.9 Å². The summed E-state index contributed by atoms with van der Waals surface area (Å²) in [4.78, 5) is 0.206. The van der Waals surface area contributed by atoms with Crippen LogP contribution in [-0.2, 0) is 10.0 Å². The average Bonchev–Trinajstić information content (AvgIpc) is 2.39. The summed E-state index contributed by atoms with van der Waals surface area (Å²) in [6.07, 6.45) is 0. The minimum absolute atomic E-state index is 0.206. The number of hydrogen-bond acceptors (Lipinski definition) is 3. The molecule has 100 valence electrons. The van der Waals surface area contributed by atoms with Crippen molar-refractivity contribution in [2.45, 2.75) is 4.90 Å². The number of benzene rings is 2. The van der Waals surface area contributed by atoms with Gasteiger partial charge in [0.05, 0.1) is 12.0 Å². The van der Waals surface area contributed by atoms with Gasteiger partial charge in [-0.05, 0) is 42.5 Å². The van der Waals surface area contributed by atoms with Crippen molar-refractivity contribution in [3.05, 3.63) is 53.0 Å². The summed E-state index contributed by atoms with van der Waals surface area (Å²) in [5, 5.41) is 0. The summed E-state index contributed by atoms with van der Waals surface area (Å²) < 4.78 is 32.5. The topological polar surface area (TPSA) is 55.4 Å². The van der Waals surface area contributed by atoms with Crippen molar-refractivity contribution in [1.29, 1.82) is 0 Å². The predicted molar refractivity (Wildman–Crippen MR) is 77.9 cm³/mol. The van der Waals surface area contributed by atoms with Gasteiger partial charge in [-0.15, -0.1) is 0 Å². The molecule has 1 N–H and O–H groups in total. The van der Waals surface area contributed by atoms with Crippen molar-refractivity contribution < 1.29 is 13.2 Å². The third-order valence-corrected chi connectivity index (χ3v) is 4.32. The van der Waals surface area contributed by atoms with Crippen molar-refractivity contribution in [3.8, 4) is 5.75 Å². The first-order valence-corrected chi connectivity index (χ1v) is 7.71. The Morgan fingerprint density at radius 2 is 1.79 bits per heavy atom. The number of sulfonamides is 1. The minimum Gasteiger partial charge on any atom is -0.497 e. The summed E-state index contributed by atoms with van der Waals surface area (Å²) in [6.45, 7) is 0. The molecule has 0 bridgehead atoms. The molecule has 2 rings (SSSR count). The van der Waals surface area contributed by atoms with Gasteiger partial charge in [0.2, 0.25) is 0 Å². The third-order valence-electron chi connectivity index (χ3n) is 2.45. The zero-order valence-corrected chi connectivity index (χ0v) is 12.5. The fourth-order valence-electron chi connectivity index (χ4n) is 1.51. The van der Waals surface area contributed by atoms with E-state index < -0.39 is 10.0 Å². The Morgan fingerprint density at radius 3 is 2.37 bits per heavy atom. The Bertz CT molecular complexity index is 669. The maximum Gasteiger partial charge on any atom is 0.261 e. The van der Waals surface area contributed by atoms with E-state index in [1.807, 2.05) is 0 Å². The van der Waals surface area contributed by atoms with Gasteiger partial charge in [-0.3, -0.25) is 4.72 Å². The number of rotatable bonds is 4. The van der Waals surface area contributed by atoms with Gasteiger partial charge in [-0.2, -0.15) is 0 Å². The standard InChI is InChI=1S/C13H12BrNO3S/c1-18-12-7-5-11(6-8-12)15-19(16,17)13-4-2-3-10(14)9-13/h2-9,15H,1H3. The predicted octanol–water partition coefficient (Wildman–Crippen LogP) is 3.26. The SMILES string of the molecule is COc1ccc(NS(=O)(=O)c2cccc(Br)c2)cc1. The molecule has 0 aliphatic carbocycles. The number of ether oxygens (including phenoxy) is 1. The number of hydrogen-bond donors (Lipinski definition) is 1. The smallest absolute Gasteiger partial charge is 0.261 e. The van der Waals surface area contributed by atoms with Gasteiger partial charge in [0.25, 0.3) is 10.0 Å². The highest BCUT2D eigenvalue weighted by molar-refractivity contribution is 9.10. The monoisotopic (exact) mass is 341 g/mol. The second kappa shape index (κ2) is 5.63. The van der Waals surface area contributed by atoms with Crippen LogP contribution >= 0.6 is 15.9 Å². The molecule has 0 unspecified atom stereocenters. The highest BCUT2D eigenvalue weighted by Crippen LogP contribution is 2.21. The number of nitrogens with one attached hydrogen (secondary N) is 1. The lowest BCUT2D eigenvalue weighted by molar-refractivity contribution is 0.415. The molecule has 0 radical (unpaired) electrons. The first-order valence-electron chi connectivity index (χ1n) is 5.44. The van der Waals surface area contributed by atoms with Gasteiger partial charge < -0.3 is 4.74 Å². The fraction of sp³-hybridized carbons (Fsp3) is 0.0769. The Labute approximate surface area is 120 Å². The van der Waals surface area contributed by atoms with Crippen LogP contribution in [0.5, 0.6) is 5.75 Å². The van der Waals surface area contributed by atoms with Crippen molar-refractivity contribution in [3.63, 3.8) is 0 Å². The van der Waals surface area contributed by atoms with Crippen LogP contribution in [0.1, 0.15) is 0 Å². The van der Waals surface area contributed by atoms with Crippen LogP contribution in [0.2, 0.25) is 0 Å². The third kappa shape index (κ3) is 3.48. The molecule has 4 nitrogen and oxygen atoms in total. The van der Waals surface area contributed by atoms with Gasteiger partial charge in [0.1, 0.15) is 5.75 Å². The van der Waals surface area contributed by atoms with Gasteiger partial charge in [-0.25, -0.2) is 8.42 Å². The van der Waals surface area contributed by atoms with Crippen LogP contribution < -0.4 is 9.46 Å². The molecule has 0 saturated heterocycles. The van der Waals surface area contributed by atoms with Crippen LogP contribution in [0.15, 0.2) is 57.9 Å². The largest absolute Gasteiger partial charge is 0.497 e. The lowest BCUT2D eigenvalue weighted by atomic mass is 10.3. The van der Waals surface area contributed by atoms with E-state index in [0.717, 1.165) is 0 Å². The molecule has 0 aromatic heterocycles. The van der Waals surface area contributed by atoms with Crippen molar-refractivity contribution in [2.75, 3.05) is 11.8 Å². The molecule has 0 atom stereocenters. The molecule has 19 heavy (non-hydrogen) atoms. The van der Waals surface area contributed by atoms with Gasteiger partial charge in [0, 0.05) is 10.2 Å². The molecule has 0 saturated carbocycles. The second-order valence-corrected chi connectivity index (χ2v) is 6.39. The highest BCUT2D eigenvalue weighted by atomic mass is 79.9. The molecule has 0 fully saturated rings. The summed E-state index contributed by atoms with van der Waals surface area (Å²) in [6, 6.07) is 13.2. The van der Waals surface area contributed by atoms with Crippen molar-refractivity contribution in [2.24, 2.45) is 0 Å². The average molecular weight is 342 g/mol. The lowest BCUT2D eigenvalue weighted by Crippen LogP contribution is -2.12. The quantitative estimate of drug-likeness (QED) is 0.928. The van der Waals surface area contributed by atoms with Crippen LogP contribution in [0.3, 0.4) is 0 Å². The summed E-state index contributed by atoms with van der Waals surface area (Å²) in [5.41, 5.74) is 0.487. The summed E-state index contributed by atoms with van der Waals surface area (Å²) in [5.74, 6) is 0.672. The first kappa shape index (κ1) is 13.9. The molecule has 6 heteroatoms. The molecular weight excluding hydrogens is 330 g/mol. The van der Waals surface area contributed by atoms with Crippen LogP contribution in [0, 0.1) is 0 Å². The first-order chi connectivity index (χ1) is 9.01. The number of halogens is 1. The molecule has 0 amide bonds.